The minimum Gasteiger partial charge on any atom is -0.489 e. The molecule has 27 heavy (non-hydrogen) atoms. The van der Waals surface area contributed by atoms with Gasteiger partial charge in [-0.3, -0.25) is 9.59 Å². The van der Waals surface area contributed by atoms with Gasteiger partial charge in [-0.2, -0.15) is 0 Å². The molecule has 3 rings (SSSR count). The standard InChI is InChI=1S/C22H23NO4/c24-21(16-27-22(25)14-17-6-4-5-7-17)23-19-10-12-20(13-11-19)26-15-18-8-2-1-3-9-18/h1-4,6,8-13,17H,5,7,14-16H2,(H,23,24)/t17-/m1/s1. The summed E-state index contributed by atoms with van der Waals surface area (Å²) in [4.78, 5) is 23.7. The highest BCUT2D eigenvalue weighted by molar-refractivity contribution is 5.92. The van der Waals surface area contributed by atoms with E-state index in [1.54, 1.807) is 24.3 Å². The van der Waals surface area contributed by atoms with Crippen molar-refractivity contribution < 1.29 is 19.1 Å². The van der Waals surface area contributed by atoms with Crippen LogP contribution in [0, 0.1) is 5.92 Å². The number of amides is 1. The first-order valence-corrected chi connectivity index (χ1v) is 9.08. The first-order chi connectivity index (χ1) is 13.2. The maximum Gasteiger partial charge on any atom is 0.306 e. The van der Waals surface area contributed by atoms with Gasteiger partial charge in [-0.15, -0.1) is 0 Å². The molecule has 1 atom stereocenters. The normalized spacial score (nSPS) is 15.3. The van der Waals surface area contributed by atoms with Gasteiger partial charge in [0.25, 0.3) is 5.91 Å². The lowest BCUT2D eigenvalue weighted by Gasteiger charge is -2.10. The molecular weight excluding hydrogens is 342 g/mol. The summed E-state index contributed by atoms with van der Waals surface area (Å²) in [6.07, 6.45) is 6.40. The number of nitrogens with one attached hydrogen (secondary N) is 1. The highest BCUT2D eigenvalue weighted by Gasteiger charge is 2.16. The van der Waals surface area contributed by atoms with E-state index in [0.29, 0.717) is 24.5 Å². The molecule has 0 aromatic heterocycles. The van der Waals surface area contributed by atoms with Crippen LogP contribution in [-0.4, -0.2) is 18.5 Å². The van der Waals surface area contributed by atoms with Gasteiger partial charge in [0.05, 0.1) is 6.42 Å². The first-order valence-electron chi connectivity index (χ1n) is 9.08. The van der Waals surface area contributed by atoms with Crippen LogP contribution in [0.3, 0.4) is 0 Å². The zero-order valence-electron chi connectivity index (χ0n) is 15.1. The zero-order chi connectivity index (χ0) is 18.9. The molecule has 1 aliphatic rings. The number of carbonyl (C=O) groups excluding carboxylic acids is 2. The summed E-state index contributed by atoms with van der Waals surface area (Å²) in [5.74, 6) is 0.256. The van der Waals surface area contributed by atoms with Gasteiger partial charge in [0.15, 0.2) is 6.61 Å². The molecule has 0 fully saturated rings. The van der Waals surface area contributed by atoms with Crippen LogP contribution in [0.1, 0.15) is 24.8 Å². The topological polar surface area (TPSA) is 64.6 Å². The highest BCUT2D eigenvalue weighted by atomic mass is 16.5. The quantitative estimate of drug-likeness (QED) is 0.565. The average molecular weight is 365 g/mol. The van der Waals surface area contributed by atoms with Crippen molar-refractivity contribution in [2.24, 2.45) is 5.92 Å². The summed E-state index contributed by atoms with van der Waals surface area (Å²) < 4.78 is 10.7. The van der Waals surface area contributed by atoms with E-state index in [2.05, 4.69) is 11.4 Å². The number of hydrogen-bond donors (Lipinski definition) is 1. The Kier molecular flexibility index (Phi) is 6.63. The monoisotopic (exact) mass is 365 g/mol. The molecular formula is C22H23NO4. The van der Waals surface area contributed by atoms with Crippen molar-refractivity contribution in [3.63, 3.8) is 0 Å². The van der Waals surface area contributed by atoms with Crippen LogP contribution < -0.4 is 10.1 Å². The molecule has 0 unspecified atom stereocenters. The van der Waals surface area contributed by atoms with Gasteiger partial charge >= 0.3 is 5.97 Å². The Morgan fingerprint density at radius 1 is 1.04 bits per heavy atom. The number of benzene rings is 2. The molecule has 140 valence electrons. The van der Waals surface area contributed by atoms with Gasteiger partial charge in [0.1, 0.15) is 12.4 Å². The van der Waals surface area contributed by atoms with Gasteiger partial charge in [0.2, 0.25) is 0 Å². The second-order valence-corrected chi connectivity index (χ2v) is 6.48. The fraction of sp³-hybridized carbons (Fsp3) is 0.273. The molecule has 0 bridgehead atoms. The molecule has 5 nitrogen and oxygen atoms in total. The molecule has 2 aromatic rings. The highest BCUT2D eigenvalue weighted by Crippen LogP contribution is 2.21. The van der Waals surface area contributed by atoms with Crippen LogP contribution in [-0.2, 0) is 20.9 Å². The number of esters is 1. The number of anilines is 1. The van der Waals surface area contributed by atoms with E-state index >= 15 is 0 Å². The molecule has 0 saturated carbocycles. The van der Waals surface area contributed by atoms with E-state index in [9.17, 15) is 9.59 Å². The average Bonchev–Trinajstić information content (AvgIpc) is 3.20. The number of carbonyl (C=O) groups is 2. The van der Waals surface area contributed by atoms with Crippen LogP contribution in [0.5, 0.6) is 5.75 Å². The van der Waals surface area contributed by atoms with Gasteiger partial charge in [-0.1, -0.05) is 42.5 Å². The van der Waals surface area contributed by atoms with Crippen LogP contribution in [0.2, 0.25) is 0 Å². The van der Waals surface area contributed by atoms with Gasteiger partial charge < -0.3 is 14.8 Å². The molecule has 0 heterocycles. The Morgan fingerprint density at radius 2 is 1.81 bits per heavy atom. The Bertz CT molecular complexity index is 784. The molecule has 0 aliphatic heterocycles. The molecule has 0 radical (unpaired) electrons. The smallest absolute Gasteiger partial charge is 0.306 e. The fourth-order valence-corrected chi connectivity index (χ4v) is 2.86. The van der Waals surface area contributed by atoms with Crippen molar-refractivity contribution >= 4 is 17.6 Å². The maximum absolute atomic E-state index is 11.9. The SMILES string of the molecule is O=C(COC(=O)C[C@@H]1C=CCC1)Nc1ccc(OCc2ccccc2)cc1. The third-order valence-corrected chi connectivity index (χ3v) is 4.29. The predicted molar refractivity (Wildman–Crippen MR) is 103 cm³/mol. The molecule has 0 saturated heterocycles. The minimum atomic E-state index is -0.358. The van der Waals surface area contributed by atoms with E-state index in [1.165, 1.54) is 0 Å². The zero-order valence-corrected chi connectivity index (χ0v) is 15.1. The predicted octanol–water partition coefficient (Wildman–Crippen LogP) is 4.10. The van der Waals surface area contributed by atoms with E-state index in [4.69, 9.17) is 9.47 Å². The molecule has 1 aliphatic carbocycles. The Morgan fingerprint density at radius 3 is 2.52 bits per heavy atom. The first kappa shape index (κ1) is 18.7. The van der Waals surface area contributed by atoms with Crippen molar-refractivity contribution in [3.8, 4) is 5.75 Å². The fourth-order valence-electron chi connectivity index (χ4n) is 2.86. The summed E-state index contributed by atoms with van der Waals surface area (Å²) in [6.45, 7) is 0.209. The summed E-state index contributed by atoms with van der Waals surface area (Å²) in [5, 5.41) is 2.71. The Hall–Kier alpha value is -3.08. The maximum atomic E-state index is 11.9. The molecule has 5 heteroatoms. The summed E-state index contributed by atoms with van der Waals surface area (Å²) >= 11 is 0. The third-order valence-electron chi connectivity index (χ3n) is 4.29. The van der Waals surface area contributed by atoms with Crippen LogP contribution in [0.25, 0.3) is 0 Å². The molecule has 1 amide bonds. The third kappa shape index (κ3) is 6.29. The Labute approximate surface area is 159 Å². The van der Waals surface area contributed by atoms with Crippen molar-refractivity contribution in [1.82, 2.24) is 0 Å². The largest absolute Gasteiger partial charge is 0.489 e. The van der Waals surface area contributed by atoms with E-state index in [-0.39, 0.29) is 24.4 Å². The number of hydrogen-bond acceptors (Lipinski definition) is 4. The van der Waals surface area contributed by atoms with Crippen molar-refractivity contribution in [1.29, 1.82) is 0 Å². The van der Waals surface area contributed by atoms with Crippen molar-refractivity contribution in [3.05, 3.63) is 72.3 Å². The lowest BCUT2D eigenvalue weighted by molar-refractivity contribution is -0.147. The lowest BCUT2D eigenvalue weighted by atomic mass is 10.1. The van der Waals surface area contributed by atoms with Crippen molar-refractivity contribution in [2.45, 2.75) is 25.9 Å². The van der Waals surface area contributed by atoms with Gasteiger partial charge in [-0.25, -0.2) is 0 Å². The summed E-state index contributed by atoms with van der Waals surface area (Å²) in [5.41, 5.74) is 1.71. The second kappa shape index (κ2) is 9.57. The molecule has 2 aromatic carbocycles. The van der Waals surface area contributed by atoms with Crippen LogP contribution in [0.15, 0.2) is 66.7 Å². The van der Waals surface area contributed by atoms with Gasteiger partial charge in [0, 0.05) is 5.69 Å². The van der Waals surface area contributed by atoms with Crippen LogP contribution >= 0.6 is 0 Å². The number of allylic oxidation sites excluding steroid dienone is 2. The van der Waals surface area contributed by atoms with Gasteiger partial charge in [-0.05, 0) is 48.6 Å². The van der Waals surface area contributed by atoms with Crippen LogP contribution in [0.4, 0.5) is 5.69 Å². The molecule has 1 N–H and O–H groups in total. The number of ether oxygens (including phenoxy) is 2. The van der Waals surface area contributed by atoms with E-state index < -0.39 is 0 Å². The summed E-state index contributed by atoms with van der Waals surface area (Å²) in [7, 11) is 0. The van der Waals surface area contributed by atoms with E-state index in [1.807, 2.05) is 36.4 Å². The molecule has 0 spiro atoms. The second-order valence-electron chi connectivity index (χ2n) is 6.48. The Balaban J connectivity index is 1.38. The van der Waals surface area contributed by atoms with Crippen molar-refractivity contribution in [2.75, 3.05) is 11.9 Å². The lowest BCUT2D eigenvalue weighted by Crippen LogP contribution is -2.21. The summed E-state index contributed by atoms with van der Waals surface area (Å²) in [6, 6.07) is 17.0. The number of rotatable bonds is 8. The van der Waals surface area contributed by atoms with E-state index in [0.717, 1.165) is 18.4 Å². The minimum absolute atomic E-state index is 0.240.